The van der Waals surface area contributed by atoms with E-state index in [9.17, 15) is 13.0 Å². The van der Waals surface area contributed by atoms with Gasteiger partial charge >= 0.3 is 29.6 Å². The fraction of sp³-hybridized carbons (Fsp3) is 0.286. The van der Waals surface area contributed by atoms with E-state index in [2.05, 4.69) is 13.2 Å². The Labute approximate surface area is 142 Å². The van der Waals surface area contributed by atoms with Gasteiger partial charge in [0.05, 0.1) is 0 Å². The van der Waals surface area contributed by atoms with Crippen LogP contribution in [0.3, 0.4) is 0 Å². The molecule has 0 fully saturated rings. The summed E-state index contributed by atoms with van der Waals surface area (Å²) in [6.45, 7) is 7.28. The molecule has 104 valence electrons. The van der Waals surface area contributed by atoms with E-state index in [-0.39, 0.29) is 35.5 Å². The second kappa shape index (κ2) is 9.50. The minimum Gasteiger partial charge on any atom is -0.726 e. The van der Waals surface area contributed by atoms with Gasteiger partial charge in [-0.2, -0.15) is 0 Å². The molecule has 0 radical (unpaired) electrons. The molecule has 1 aromatic carbocycles. The molecule has 0 saturated heterocycles. The number of rotatable bonds is 8. The molecule has 4 nitrogen and oxygen atoms in total. The van der Waals surface area contributed by atoms with E-state index in [1.807, 2.05) is 6.07 Å². The minimum atomic E-state index is -4.77. The largest absolute Gasteiger partial charge is 1.00 e. The quantitative estimate of drug-likeness (QED) is 0.293. The van der Waals surface area contributed by atoms with Crippen molar-refractivity contribution in [1.29, 1.82) is 0 Å². The summed E-state index contributed by atoms with van der Waals surface area (Å²) in [5.74, 6) is -0.193. The van der Waals surface area contributed by atoms with Crippen molar-refractivity contribution < 1.29 is 46.7 Å². The molecule has 0 N–H and O–H groups in total. The van der Waals surface area contributed by atoms with E-state index in [1.54, 1.807) is 36.4 Å². The predicted octanol–water partition coefficient (Wildman–Crippen LogP) is -0.0231. The Kier molecular flexibility index (Phi) is 9.29. The summed E-state index contributed by atoms with van der Waals surface area (Å²) in [7, 11) is -4.77. The van der Waals surface area contributed by atoms with Crippen molar-refractivity contribution in [3.05, 3.63) is 61.2 Å². The van der Waals surface area contributed by atoms with Crippen molar-refractivity contribution in [2.45, 2.75) is 18.9 Å². The summed E-state index contributed by atoms with van der Waals surface area (Å²) in [4.78, 5) is 0. The monoisotopic (exact) mass is 304 g/mol. The van der Waals surface area contributed by atoms with E-state index in [0.29, 0.717) is 18.4 Å². The van der Waals surface area contributed by atoms with Crippen molar-refractivity contribution in [3.63, 3.8) is 0 Å². The van der Waals surface area contributed by atoms with Crippen LogP contribution in [0.4, 0.5) is 0 Å². The Hall–Kier alpha value is -0.430. The molecule has 0 saturated carbocycles. The van der Waals surface area contributed by atoms with Gasteiger partial charge in [0, 0.05) is 0 Å². The van der Waals surface area contributed by atoms with Crippen LogP contribution in [0.1, 0.15) is 24.5 Å². The van der Waals surface area contributed by atoms with Crippen LogP contribution in [0.25, 0.3) is 0 Å². The molecule has 1 atom stereocenters. The summed E-state index contributed by atoms with van der Waals surface area (Å²) in [5, 5.41) is 0. The van der Waals surface area contributed by atoms with Crippen LogP contribution in [0.2, 0.25) is 0 Å². The van der Waals surface area contributed by atoms with Gasteiger partial charge in [-0.3, -0.25) is 4.18 Å². The van der Waals surface area contributed by atoms with Gasteiger partial charge in [-0.1, -0.05) is 42.5 Å². The summed E-state index contributed by atoms with van der Waals surface area (Å²) in [5.41, 5.74) is 0.649. The maximum atomic E-state index is 10.9. The van der Waals surface area contributed by atoms with Gasteiger partial charge < -0.3 is 4.55 Å². The maximum Gasteiger partial charge on any atom is 1.00 e. The third kappa shape index (κ3) is 6.83. The van der Waals surface area contributed by atoms with E-state index in [4.69, 9.17) is 4.18 Å². The smallest absolute Gasteiger partial charge is 0.726 e. The standard InChI is InChI=1S/C14H18O4S.Na/c1-3-8-12(9-4-2)14(18-19(15,16)17)13-10-6-5-7-11-13;/h3-7,10-12,14H,1-2,8-9H2,(H,15,16,17);/q;+1/p-1. The minimum absolute atomic E-state index is 0. The molecule has 1 aromatic rings. The second-order valence-electron chi connectivity index (χ2n) is 4.14. The van der Waals surface area contributed by atoms with Crippen LogP contribution in [0.15, 0.2) is 55.6 Å². The molecule has 0 aliphatic rings. The van der Waals surface area contributed by atoms with Crippen LogP contribution < -0.4 is 29.6 Å². The zero-order valence-electron chi connectivity index (χ0n) is 11.6. The molecule has 0 heterocycles. The van der Waals surface area contributed by atoms with E-state index in [0.717, 1.165) is 0 Å². The van der Waals surface area contributed by atoms with Crippen molar-refractivity contribution >= 4 is 10.4 Å². The zero-order chi connectivity index (χ0) is 14.3. The SMILES string of the molecule is C=CCC(CC=C)C(OS(=O)(=O)[O-])c1ccccc1.[Na+]. The van der Waals surface area contributed by atoms with Gasteiger partial charge in [0.2, 0.25) is 10.4 Å². The molecule has 0 aliphatic carbocycles. The van der Waals surface area contributed by atoms with Gasteiger partial charge in [-0.25, -0.2) is 8.42 Å². The van der Waals surface area contributed by atoms with Crippen LogP contribution in [-0.2, 0) is 14.6 Å². The van der Waals surface area contributed by atoms with Crippen molar-refractivity contribution in [3.8, 4) is 0 Å². The first-order chi connectivity index (χ1) is 8.98. The number of benzene rings is 1. The van der Waals surface area contributed by atoms with E-state index < -0.39 is 16.5 Å². The molecule has 0 amide bonds. The van der Waals surface area contributed by atoms with E-state index in [1.165, 1.54) is 0 Å². The first-order valence-electron chi connectivity index (χ1n) is 5.88. The zero-order valence-corrected chi connectivity index (χ0v) is 14.4. The molecule has 0 aliphatic heterocycles. The Morgan fingerprint density at radius 2 is 1.65 bits per heavy atom. The van der Waals surface area contributed by atoms with E-state index >= 15 is 0 Å². The Morgan fingerprint density at radius 3 is 2.05 bits per heavy atom. The summed E-state index contributed by atoms with van der Waals surface area (Å²) >= 11 is 0. The van der Waals surface area contributed by atoms with Crippen LogP contribution in [0.5, 0.6) is 0 Å². The first kappa shape index (κ1) is 19.6. The Balaban J connectivity index is 0.00000361. The average molecular weight is 304 g/mol. The van der Waals surface area contributed by atoms with Crippen molar-refractivity contribution in [2.75, 3.05) is 0 Å². The predicted molar refractivity (Wildman–Crippen MR) is 73.1 cm³/mol. The number of allylic oxidation sites excluding steroid dienone is 2. The molecule has 1 unspecified atom stereocenters. The van der Waals surface area contributed by atoms with Crippen LogP contribution >= 0.6 is 0 Å². The summed E-state index contributed by atoms with van der Waals surface area (Å²) in [6.07, 6.45) is 3.58. The molecule has 1 rings (SSSR count). The third-order valence-corrected chi connectivity index (χ3v) is 3.16. The van der Waals surface area contributed by atoms with Gasteiger partial charge in [-0.05, 0) is 24.3 Å². The Bertz CT molecular complexity index is 503. The van der Waals surface area contributed by atoms with Gasteiger partial charge in [0.15, 0.2) is 0 Å². The fourth-order valence-corrected chi connectivity index (χ4v) is 2.47. The van der Waals surface area contributed by atoms with Gasteiger partial charge in [-0.15, -0.1) is 13.2 Å². The molecule has 6 heteroatoms. The third-order valence-electron chi connectivity index (χ3n) is 2.72. The number of hydrogen-bond acceptors (Lipinski definition) is 4. The van der Waals surface area contributed by atoms with Crippen molar-refractivity contribution in [1.82, 2.24) is 0 Å². The molecular weight excluding hydrogens is 287 g/mol. The molecule has 20 heavy (non-hydrogen) atoms. The van der Waals surface area contributed by atoms with Gasteiger partial charge in [0.25, 0.3) is 0 Å². The molecule has 0 spiro atoms. The van der Waals surface area contributed by atoms with Gasteiger partial charge in [0.1, 0.15) is 6.10 Å². The summed E-state index contributed by atoms with van der Waals surface area (Å²) < 4.78 is 37.4. The Morgan fingerprint density at radius 1 is 1.15 bits per heavy atom. The summed E-state index contributed by atoms with van der Waals surface area (Å²) in [6, 6.07) is 8.80. The topological polar surface area (TPSA) is 66.4 Å². The maximum absolute atomic E-state index is 10.9. The fourth-order valence-electron chi connectivity index (χ4n) is 1.95. The molecule has 0 aromatic heterocycles. The number of hydrogen-bond donors (Lipinski definition) is 0. The van der Waals surface area contributed by atoms with Crippen LogP contribution in [-0.4, -0.2) is 13.0 Å². The normalized spacial score (nSPS) is 12.5. The molecular formula is C14H17NaO4S. The van der Waals surface area contributed by atoms with Crippen LogP contribution in [0, 0.1) is 5.92 Å². The van der Waals surface area contributed by atoms with Crippen molar-refractivity contribution in [2.24, 2.45) is 5.92 Å². The first-order valence-corrected chi connectivity index (χ1v) is 7.22. The second-order valence-corrected chi connectivity index (χ2v) is 5.15. The average Bonchev–Trinajstić information content (AvgIpc) is 2.36. The molecule has 0 bridgehead atoms.